The normalized spacial score (nSPS) is 22.5. The number of hydrogen-bond acceptors (Lipinski definition) is 10. The van der Waals surface area contributed by atoms with Crippen LogP contribution in [-0.4, -0.2) is 95.6 Å². The summed E-state index contributed by atoms with van der Waals surface area (Å²) in [5, 5.41) is 11.4. The number of likely N-dealkylation sites (tertiary alicyclic amines) is 1. The van der Waals surface area contributed by atoms with E-state index < -0.39 is 15.9 Å². The molecular weight excluding hydrogens is 726 g/mol. The van der Waals surface area contributed by atoms with Crippen molar-refractivity contribution in [1.29, 1.82) is 0 Å². The number of aromatic nitrogens is 4. The Kier molecular flexibility index (Phi) is 10.5. The highest BCUT2D eigenvalue weighted by molar-refractivity contribution is 7.92. The standard InChI is InChI=1S/C39H48ClN9O4S/c1-46-35-21-28(5-10-34(35)37(45-46)49-20-15-36(50)44-39(49)51)27-13-16-47(17-14-27)25-26-11-18-48(19-12-26)31-3-2-4-33(22-31)54(52,53)32-8-6-30(7-9-32)43-38-41-23-29(40)24-42-38/h2-5,10,21-24,26-27,30,32H,6-9,11-20,25H2,1H3,(H,41,42,43)(H,44,50,51). The van der Waals surface area contributed by atoms with Crippen LogP contribution in [0.15, 0.2) is 59.8 Å². The van der Waals surface area contributed by atoms with Crippen LogP contribution in [0.5, 0.6) is 0 Å². The van der Waals surface area contributed by atoms with Gasteiger partial charge in [-0.05, 0) is 112 Å². The van der Waals surface area contributed by atoms with Crippen LogP contribution >= 0.6 is 11.6 Å². The summed E-state index contributed by atoms with van der Waals surface area (Å²) in [5.74, 6) is 1.96. The number of halogens is 1. The first-order valence-electron chi connectivity index (χ1n) is 19.2. The van der Waals surface area contributed by atoms with Gasteiger partial charge in [-0.1, -0.05) is 23.7 Å². The molecule has 1 aliphatic carbocycles. The molecule has 0 unspecified atom stereocenters. The van der Waals surface area contributed by atoms with Gasteiger partial charge in [0.15, 0.2) is 15.7 Å². The number of rotatable bonds is 9. The van der Waals surface area contributed by atoms with Gasteiger partial charge in [0, 0.05) is 56.8 Å². The fourth-order valence-electron chi connectivity index (χ4n) is 8.80. The molecule has 1 saturated carbocycles. The Balaban J connectivity index is 0.808. The number of anilines is 3. The van der Waals surface area contributed by atoms with Gasteiger partial charge in [-0.2, -0.15) is 5.10 Å². The van der Waals surface area contributed by atoms with Crippen LogP contribution in [0.2, 0.25) is 5.02 Å². The number of nitrogens with zero attached hydrogens (tertiary/aromatic N) is 7. The third-order valence-electron chi connectivity index (χ3n) is 11.9. The molecule has 4 fully saturated rings. The molecule has 4 aromatic rings. The number of fused-ring (bicyclic) bond motifs is 1. The van der Waals surface area contributed by atoms with Crippen molar-refractivity contribution >= 4 is 61.7 Å². The van der Waals surface area contributed by atoms with Gasteiger partial charge in [0.25, 0.3) is 0 Å². The zero-order chi connectivity index (χ0) is 37.4. The van der Waals surface area contributed by atoms with Crippen molar-refractivity contribution in [3.05, 3.63) is 65.4 Å². The summed E-state index contributed by atoms with van der Waals surface area (Å²) in [7, 11) is -1.54. The number of urea groups is 1. The van der Waals surface area contributed by atoms with Crippen LogP contribution in [0.1, 0.15) is 69.3 Å². The summed E-state index contributed by atoms with van der Waals surface area (Å²) in [5.41, 5.74) is 3.30. The highest BCUT2D eigenvalue weighted by Gasteiger charge is 2.34. The first kappa shape index (κ1) is 36.7. The minimum absolute atomic E-state index is 0.140. The molecule has 2 aromatic heterocycles. The van der Waals surface area contributed by atoms with E-state index in [9.17, 15) is 18.0 Å². The minimum atomic E-state index is -3.44. The Morgan fingerprint density at radius 1 is 0.889 bits per heavy atom. The molecule has 3 saturated heterocycles. The molecule has 54 heavy (non-hydrogen) atoms. The first-order valence-corrected chi connectivity index (χ1v) is 21.2. The van der Waals surface area contributed by atoms with Crippen LogP contribution in [0.4, 0.5) is 22.2 Å². The van der Waals surface area contributed by atoms with Gasteiger partial charge in [0.05, 0.1) is 33.1 Å². The van der Waals surface area contributed by atoms with Gasteiger partial charge < -0.3 is 15.1 Å². The highest BCUT2D eigenvalue weighted by atomic mass is 35.5. The van der Waals surface area contributed by atoms with Crippen molar-refractivity contribution in [2.75, 3.05) is 54.4 Å². The van der Waals surface area contributed by atoms with Crippen LogP contribution in [0, 0.1) is 5.92 Å². The van der Waals surface area contributed by atoms with Gasteiger partial charge in [0.2, 0.25) is 11.9 Å². The number of piperidine rings is 2. The van der Waals surface area contributed by atoms with E-state index in [1.165, 1.54) is 5.56 Å². The summed E-state index contributed by atoms with van der Waals surface area (Å²) in [6, 6.07) is 13.8. The van der Waals surface area contributed by atoms with E-state index in [0.29, 0.717) is 52.9 Å². The lowest BCUT2D eigenvalue weighted by Gasteiger charge is -2.38. The molecule has 0 spiro atoms. The van der Waals surface area contributed by atoms with Crippen molar-refractivity contribution in [1.82, 2.24) is 30.0 Å². The Morgan fingerprint density at radius 2 is 1.63 bits per heavy atom. The molecule has 286 valence electrons. The first-order chi connectivity index (χ1) is 26.1. The maximum Gasteiger partial charge on any atom is 0.329 e. The van der Waals surface area contributed by atoms with Gasteiger partial charge >= 0.3 is 6.03 Å². The fraction of sp³-hybridized carbons (Fsp3) is 0.513. The molecule has 5 heterocycles. The molecule has 3 aliphatic heterocycles. The van der Waals surface area contributed by atoms with E-state index in [2.05, 4.69) is 53.7 Å². The maximum atomic E-state index is 13.8. The smallest absolute Gasteiger partial charge is 0.329 e. The molecule has 8 rings (SSSR count). The van der Waals surface area contributed by atoms with Gasteiger partial charge in [0.1, 0.15) is 0 Å². The highest BCUT2D eigenvalue weighted by Crippen LogP contribution is 2.36. The molecule has 4 aliphatic rings. The van der Waals surface area contributed by atoms with E-state index >= 15 is 0 Å². The molecular formula is C39H48ClN9O4S. The number of sulfone groups is 1. The zero-order valence-electron chi connectivity index (χ0n) is 30.7. The summed E-state index contributed by atoms with van der Waals surface area (Å²) >= 11 is 5.90. The predicted molar refractivity (Wildman–Crippen MR) is 210 cm³/mol. The lowest BCUT2D eigenvalue weighted by atomic mass is 9.88. The van der Waals surface area contributed by atoms with Crippen LogP contribution in [0.25, 0.3) is 10.9 Å². The predicted octanol–water partition coefficient (Wildman–Crippen LogP) is 5.76. The van der Waals surface area contributed by atoms with Crippen LogP contribution in [0.3, 0.4) is 0 Å². The molecule has 15 heteroatoms. The summed E-state index contributed by atoms with van der Waals surface area (Å²) in [6.07, 6.45) is 10.5. The van der Waals surface area contributed by atoms with Gasteiger partial charge in [-0.25, -0.2) is 23.2 Å². The monoisotopic (exact) mass is 773 g/mol. The molecule has 13 nitrogen and oxygen atoms in total. The second kappa shape index (κ2) is 15.5. The quantitative estimate of drug-likeness (QED) is 0.216. The molecule has 2 aromatic carbocycles. The molecule has 2 N–H and O–H groups in total. The Morgan fingerprint density at radius 3 is 2.35 bits per heavy atom. The molecule has 3 amide bonds. The van der Waals surface area contributed by atoms with Crippen molar-refractivity contribution in [2.45, 2.75) is 79.9 Å². The van der Waals surface area contributed by atoms with Crippen molar-refractivity contribution in [3.63, 3.8) is 0 Å². The van der Waals surface area contributed by atoms with Crippen molar-refractivity contribution < 1.29 is 18.0 Å². The minimum Gasteiger partial charge on any atom is -0.371 e. The second-order valence-corrected chi connectivity index (χ2v) is 18.0. The largest absolute Gasteiger partial charge is 0.371 e. The topological polar surface area (TPSA) is 146 Å². The van der Waals surface area contributed by atoms with E-state index in [4.69, 9.17) is 11.6 Å². The Labute approximate surface area is 321 Å². The Bertz CT molecular complexity index is 2100. The lowest BCUT2D eigenvalue weighted by molar-refractivity contribution is -0.120. The summed E-state index contributed by atoms with van der Waals surface area (Å²) < 4.78 is 29.3. The molecule has 0 bridgehead atoms. The molecule has 0 radical (unpaired) electrons. The number of carbonyl (C=O) groups is 2. The lowest BCUT2D eigenvalue weighted by Crippen LogP contribution is -2.49. The Hall–Kier alpha value is -4.27. The van der Waals surface area contributed by atoms with E-state index in [-0.39, 0.29) is 23.6 Å². The van der Waals surface area contributed by atoms with Gasteiger partial charge in [-0.15, -0.1) is 0 Å². The number of hydrogen-bond donors (Lipinski definition) is 2. The third-order valence-corrected chi connectivity index (χ3v) is 14.4. The second-order valence-electron chi connectivity index (χ2n) is 15.4. The van der Waals surface area contributed by atoms with E-state index in [0.717, 1.165) is 87.8 Å². The SMILES string of the molecule is Cn1nc(N2CCC(=O)NC2=O)c2ccc(C3CCN(CC4CCN(c5cccc(S(=O)(=O)C6CCC(Nc7ncc(Cl)cn7)CC6)c5)CC4)CC3)cc21. The summed E-state index contributed by atoms with van der Waals surface area (Å²) in [6.45, 7) is 5.41. The average molecular weight is 774 g/mol. The number of imide groups is 1. The zero-order valence-corrected chi connectivity index (χ0v) is 32.2. The van der Waals surface area contributed by atoms with E-state index in [1.807, 2.05) is 29.9 Å². The number of aryl methyl sites for hydroxylation is 1. The van der Waals surface area contributed by atoms with Crippen molar-refractivity contribution in [3.8, 4) is 0 Å². The van der Waals surface area contributed by atoms with Crippen molar-refractivity contribution in [2.24, 2.45) is 13.0 Å². The third kappa shape index (κ3) is 7.78. The average Bonchev–Trinajstić information content (AvgIpc) is 3.51. The summed E-state index contributed by atoms with van der Waals surface area (Å²) in [4.78, 5) is 39.5. The number of nitrogens with one attached hydrogen (secondary N) is 2. The maximum absolute atomic E-state index is 13.8. The fourth-order valence-corrected chi connectivity index (χ4v) is 10.7. The van der Waals surface area contributed by atoms with Crippen LogP contribution in [-0.2, 0) is 21.7 Å². The number of amides is 3. The molecule has 0 atom stereocenters. The van der Waals surface area contributed by atoms with E-state index in [1.54, 1.807) is 23.4 Å². The number of benzene rings is 2. The number of carbonyl (C=O) groups excluding carboxylic acids is 2. The van der Waals surface area contributed by atoms with Gasteiger partial charge in [-0.3, -0.25) is 19.7 Å². The van der Waals surface area contributed by atoms with Crippen LogP contribution < -0.4 is 20.4 Å².